The van der Waals surface area contributed by atoms with E-state index in [1.54, 1.807) is 45.3 Å². The van der Waals surface area contributed by atoms with E-state index in [1.807, 2.05) is 50.5 Å². The van der Waals surface area contributed by atoms with Crippen molar-refractivity contribution in [3.8, 4) is 11.5 Å². The second kappa shape index (κ2) is 15.4. The molecule has 3 aliphatic rings. The van der Waals surface area contributed by atoms with Crippen molar-refractivity contribution in [2.45, 2.75) is 31.8 Å². The van der Waals surface area contributed by atoms with Crippen LogP contribution in [0.4, 0.5) is 27.9 Å². The predicted molar refractivity (Wildman–Crippen MR) is 198 cm³/mol. The predicted octanol–water partition coefficient (Wildman–Crippen LogP) is 5.42. The Labute approximate surface area is 306 Å². The maximum absolute atomic E-state index is 14.5. The number of likely N-dealkylation sites (tertiary alicyclic amines) is 1. The highest BCUT2D eigenvalue weighted by atomic mass is 35.5. The third-order valence-electron chi connectivity index (χ3n) is 9.27. The van der Waals surface area contributed by atoms with Crippen LogP contribution in [0.2, 0.25) is 5.02 Å². The summed E-state index contributed by atoms with van der Waals surface area (Å²) >= 11 is 6.78. The first kappa shape index (κ1) is 36.3. The molecule has 52 heavy (non-hydrogen) atoms. The van der Waals surface area contributed by atoms with Crippen LogP contribution in [0.1, 0.15) is 24.8 Å². The van der Waals surface area contributed by atoms with Crippen molar-refractivity contribution in [3.05, 3.63) is 92.9 Å². The van der Waals surface area contributed by atoms with Gasteiger partial charge in [-0.05, 0) is 36.0 Å². The smallest absolute Gasteiger partial charge is 0.368 e. The third-order valence-corrected chi connectivity index (χ3v) is 9.65. The maximum Gasteiger partial charge on any atom is 0.368 e. The number of nitrogens with zero attached hydrogens (tertiary/aromatic N) is 8. The summed E-state index contributed by atoms with van der Waals surface area (Å²) < 4.78 is 11.4. The quantitative estimate of drug-likeness (QED) is 0.111. The van der Waals surface area contributed by atoms with Gasteiger partial charge in [-0.2, -0.15) is 4.98 Å². The minimum absolute atomic E-state index is 0.0893. The average molecular weight is 731 g/mol. The van der Waals surface area contributed by atoms with Crippen LogP contribution in [0, 0.1) is 10.1 Å². The molecule has 15 nitrogen and oxygen atoms in total. The fraction of sp³-hybridized carbons (Fsp3) is 0.361. The number of ether oxygens (including phenoxy) is 2. The van der Waals surface area contributed by atoms with Crippen molar-refractivity contribution in [1.82, 2.24) is 14.9 Å². The highest BCUT2D eigenvalue weighted by Gasteiger charge is 2.40. The zero-order valence-electron chi connectivity index (χ0n) is 29.5. The van der Waals surface area contributed by atoms with Gasteiger partial charge in [0.15, 0.2) is 0 Å². The normalized spacial score (nSPS) is 16.5. The van der Waals surface area contributed by atoms with Crippen LogP contribution in [-0.4, -0.2) is 103 Å². The van der Waals surface area contributed by atoms with Crippen LogP contribution in [0.15, 0.2) is 77.2 Å². The van der Waals surface area contributed by atoms with Gasteiger partial charge in [-0.3, -0.25) is 14.6 Å². The van der Waals surface area contributed by atoms with Gasteiger partial charge >= 0.3 is 11.9 Å². The number of nitrogens with one attached hydrogen (secondary N) is 1. The highest BCUT2D eigenvalue weighted by molar-refractivity contribution is 6.35. The average Bonchev–Trinajstić information content (AvgIpc) is 3.60. The number of hydrogen-bond acceptors (Lipinski definition) is 10. The SMILES string of the molecule is COc1cc(OC)c(Cl)c(N2Cc3cnc(Nc4ccccc4)nc3N(C3CCN(C(=O)/C=C/C[N+](C)(C)CC4=C([N+](=O)[O-])N=CC4)CC3)C2=O)c1. The molecule has 4 heterocycles. The van der Waals surface area contributed by atoms with E-state index in [1.165, 1.54) is 14.2 Å². The Morgan fingerprint density at radius 2 is 1.90 bits per heavy atom. The Morgan fingerprint density at radius 1 is 1.15 bits per heavy atom. The number of benzene rings is 2. The summed E-state index contributed by atoms with van der Waals surface area (Å²) in [5.41, 5.74) is 2.63. The summed E-state index contributed by atoms with van der Waals surface area (Å²) in [4.78, 5) is 57.0. The van der Waals surface area contributed by atoms with Gasteiger partial charge in [0, 0.05) is 61.2 Å². The number of aromatic nitrogens is 2. The molecule has 3 aromatic rings. The molecule has 0 unspecified atom stereocenters. The number of para-hydroxylation sites is 1. The highest BCUT2D eigenvalue weighted by Crippen LogP contribution is 2.43. The molecule has 3 aliphatic heterocycles. The van der Waals surface area contributed by atoms with Gasteiger partial charge in [-0.15, -0.1) is 0 Å². The van der Waals surface area contributed by atoms with E-state index < -0.39 is 4.92 Å². The molecule has 0 aliphatic carbocycles. The molecular weight excluding hydrogens is 690 g/mol. The number of hydrogen-bond donors (Lipinski definition) is 1. The fourth-order valence-electron chi connectivity index (χ4n) is 6.63. The number of quaternary nitrogens is 1. The van der Waals surface area contributed by atoms with E-state index in [9.17, 15) is 19.7 Å². The van der Waals surface area contributed by atoms with E-state index >= 15 is 0 Å². The molecule has 0 saturated carbocycles. The van der Waals surface area contributed by atoms with E-state index in [4.69, 9.17) is 26.1 Å². The number of aliphatic imine (C=N–C) groups is 1. The molecule has 0 radical (unpaired) electrons. The largest absolute Gasteiger partial charge is 0.497 e. The van der Waals surface area contributed by atoms with Gasteiger partial charge in [0.1, 0.15) is 35.1 Å². The summed E-state index contributed by atoms with van der Waals surface area (Å²) in [5, 5.41) is 14.8. The molecule has 6 rings (SSSR count). The summed E-state index contributed by atoms with van der Waals surface area (Å²) in [7, 11) is 6.95. The van der Waals surface area contributed by atoms with Gasteiger partial charge in [-0.25, -0.2) is 9.78 Å². The number of halogens is 1. The number of amides is 3. The van der Waals surface area contributed by atoms with E-state index in [0.717, 1.165) is 11.3 Å². The van der Waals surface area contributed by atoms with Gasteiger partial charge in [0.2, 0.25) is 11.9 Å². The van der Waals surface area contributed by atoms with Crippen LogP contribution in [-0.2, 0) is 11.3 Å². The Hall–Kier alpha value is -5.54. The number of fused-ring (bicyclic) bond motifs is 1. The minimum atomic E-state index is -0.450. The number of nitro groups is 1. The first-order chi connectivity index (χ1) is 25.0. The molecular formula is C36H41ClN9O6+. The Kier molecular flexibility index (Phi) is 10.7. The molecule has 0 atom stereocenters. The molecule has 0 bridgehead atoms. The number of carbonyl (C=O) groups is 2. The Balaban J connectivity index is 1.20. The summed E-state index contributed by atoms with van der Waals surface area (Å²) in [5.74, 6) is 1.47. The van der Waals surface area contributed by atoms with Crippen molar-refractivity contribution in [2.24, 2.45) is 4.99 Å². The first-order valence-corrected chi connectivity index (χ1v) is 17.2. The van der Waals surface area contributed by atoms with Crippen LogP contribution < -0.4 is 24.6 Å². The number of anilines is 4. The molecule has 1 aromatic heterocycles. The monoisotopic (exact) mass is 730 g/mol. The van der Waals surface area contributed by atoms with E-state index in [-0.39, 0.29) is 35.4 Å². The molecule has 16 heteroatoms. The lowest BCUT2D eigenvalue weighted by Gasteiger charge is -2.43. The molecule has 1 saturated heterocycles. The zero-order valence-corrected chi connectivity index (χ0v) is 30.2. The van der Waals surface area contributed by atoms with Crippen molar-refractivity contribution >= 4 is 52.9 Å². The lowest BCUT2D eigenvalue weighted by atomic mass is 10.0. The summed E-state index contributed by atoms with van der Waals surface area (Å²) in [6.07, 6.45) is 8.12. The Bertz CT molecular complexity index is 1940. The van der Waals surface area contributed by atoms with Crippen LogP contribution >= 0.6 is 11.6 Å². The molecule has 1 N–H and O–H groups in total. The van der Waals surface area contributed by atoms with Gasteiger partial charge in [0.05, 0.1) is 52.7 Å². The van der Waals surface area contributed by atoms with Gasteiger partial charge in [-0.1, -0.05) is 34.8 Å². The van der Waals surface area contributed by atoms with Crippen molar-refractivity contribution in [1.29, 1.82) is 0 Å². The van der Waals surface area contributed by atoms with Gasteiger partial charge < -0.3 is 34.3 Å². The molecule has 272 valence electrons. The van der Waals surface area contributed by atoms with Crippen molar-refractivity contribution in [3.63, 3.8) is 0 Å². The number of carbonyl (C=O) groups excluding carboxylic acids is 2. The third kappa shape index (κ3) is 7.85. The number of methoxy groups -OCH3 is 2. The lowest BCUT2D eigenvalue weighted by Crippen LogP contribution is -2.55. The second-order valence-corrected chi connectivity index (χ2v) is 13.7. The van der Waals surface area contributed by atoms with Crippen LogP contribution in [0.25, 0.3) is 0 Å². The number of piperidine rings is 1. The molecule has 3 amide bonds. The molecule has 2 aromatic carbocycles. The van der Waals surface area contributed by atoms with Crippen LogP contribution in [0.5, 0.6) is 11.5 Å². The number of rotatable bonds is 12. The first-order valence-electron chi connectivity index (χ1n) is 16.8. The number of likely N-dealkylation sites (N-methyl/N-ethyl adjacent to an activating group) is 1. The second-order valence-electron chi connectivity index (χ2n) is 13.4. The van der Waals surface area contributed by atoms with Crippen molar-refractivity contribution < 1.29 is 28.5 Å². The summed E-state index contributed by atoms with van der Waals surface area (Å²) in [6.45, 7) is 1.97. The maximum atomic E-state index is 14.5. The Morgan fingerprint density at radius 3 is 2.60 bits per heavy atom. The van der Waals surface area contributed by atoms with E-state index in [2.05, 4.69) is 15.3 Å². The molecule has 1 fully saturated rings. The minimum Gasteiger partial charge on any atom is -0.497 e. The van der Waals surface area contributed by atoms with Crippen LogP contribution in [0.3, 0.4) is 0 Å². The summed E-state index contributed by atoms with van der Waals surface area (Å²) in [6, 6.07) is 12.3. The number of urea groups is 1. The topological polar surface area (TPSA) is 156 Å². The van der Waals surface area contributed by atoms with Crippen molar-refractivity contribution in [2.75, 3.05) is 69.6 Å². The van der Waals surface area contributed by atoms with E-state index in [0.29, 0.717) is 84.5 Å². The zero-order chi connectivity index (χ0) is 37.0. The van der Waals surface area contributed by atoms with Gasteiger partial charge in [0.25, 0.3) is 0 Å². The lowest BCUT2D eigenvalue weighted by molar-refractivity contribution is -0.880. The fourth-order valence-corrected chi connectivity index (χ4v) is 6.92. The molecule has 0 spiro atoms. The standard InChI is InChI=1S/C36H41ClN9O6/c1-46(2,23-24-12-15-38-33(24)45(49)50)18-8-11-31(47)42-16-13-27(14-17-42)44-34-25(21-39-35(41-34)40-26-9-6-5-7-10-26)22-43(36(44)48)29-19-28(51-3)20-30(52-4)32(29)37/h5-11,15,19-21,27H,12-14,16-18,22-23H2,1-4H3,(H,39,40,41)/q+1/b11-8+.